The van der Waals surface area contributed by atoms with Crippen molar-refractivity contribution in [1.29, 1.82) is 0 Å². The van der Waals surface area contributed by atoms with Crippen LogP contribution < -0.4 is 0 Å². The molecule has 0 bridgehead atoms. The summed E-state index contributed by atoms with van der Waals surface area (Å²) in [5, 5.41) is 3.34. The first-order valence-corrected chi connectivity index (χ1v) is 7.64. The van der Waals surface area contributed by atoms with Crippen LogP contribution in [0.25, 0.3) is 10.4 Å². The van der Waals surface area contributed by atoms with Crippen LogP contribution in [0.15, 0.2) is 28.2 Å². The first kappa shape index (κ1) is 12.9. The smallest absolute Gasteiger partial charge is 0.178 e. The van der Waals surface area contributed by atoms with E-state index in [1.807, 2.05) is 6.07 Å². The summed E-state index contributed by atoms with van der Waals surface area (Å²) in [5.74, 6) is 0.0325. The lowest BCUT2D eigenvalue weighted by atomic mass is 10.1. The number of benzene rings is 1. The van der Waals surface area contributed by atoms with Gasteiger partial charge in [0.15, 0.2) is 9.84 Å². The van der Waals surface area contributed by atoms with Crippen LogP contribution in [-0.2, 0) is 22.7 Å². The molecule has 0 aromatic heterocycles. The maximum atomic E-state index is 12.1. The van der Waals surface area contributed by atoms with Crippen molar-refractivity contribution in [2.24, 2.45) is 5.11 Å². The number of sulfone groups is 1. The molecule has 0 fully saturated rings. The van der Waals surface area contributed by atoms with Crippen LogP contribution in [0.5, 0.6) is 0 Å². The van der Waals surface area contributed by atoms with Crippen molar-refractivity contribution < 1.29 is 8.42 Å². The molecule has 1 aliphatic rings. The second-order valence-electron chi connectivity index (χ2n) is 4.41. The average molecular weight is 265 g/mol. The maximum absolute atomic E-state index is 12.1. The van der Waals surface area contributed by atoms with Gasteiger partial charge in [0, 0.05) is 11.5 Å². The van der Waals surface area contributed by atoms with Crippen molar-refractivity contribution in [3.63, 3.8) is 0 Å². The second-order valence-corrected chi connectivity index (χ2v) is 6.52. The molecule has 2 rings (SSSR count). The molecule has 0 aliphatic heterocycles. The molecule has 96 valence electrons. The summed E-state index contributed by atoms with van der Waals surface area (Å²) in [4.78, 5) is 3.00. The average Bonchev–Trinajstić information content (AvgIpc) is 2.82. The monoisotopic (exact) mass is 265 g/mol. The zero-order valence-electron chi connectivity index (χ0n) is 10.0. The van der Waals surface area contributed by atoms with E-state index in [2.05, 4.69) is 10.0 Å². The summed E-state index contributed by atoms with van der Waals surface area (Å²) in [6, 6.07) is 5.40. The predicted octanol–water partition coefficient (Wildman–Crippen LogP) is 2.65. The number of rotatable bonds is 5. The molecule has 0 atom stereocenters. The first-order valence-electron chi connectivity index (χ1n) is 5.99. The molecule has 1 aromatic carbocycles. The zero-order chi connectivity index (χ0) is 13.0. The lowest BCUT2D eigenvalue weighted by Gasteiger charge is -2.06. The third-order valence-corrected chi connectivity index (χ3v) is 4.96. The molecular formula is C12H15N3O2S. The molecule has 0 unspecified atom stereocenters. The summed E-state index contributed by atoms with van der Waals surface area (Å²) in [6.07, 6.45) is 3.49. The van der Waals surface area contributed by atoms with Crippen LogP contribution in [0.1, 0.15) is 24.0 Å². The van der Waals surface area contributed by atoms with Gasteiger partial charge in [0.2, 0.25) is 0 Å². The Kier molecular flexibility index (Phi) is 3.89. The Bertz CT molecular complexity index is 589. The predicted molar refractivity (Wildman–Crippen MR) is 69.1 cm³/mol. The Morgan fingerprint density at radius 3 is 2.83 bits per heavy atom. The van der Waals surface area contributed by atoms with E-state index >= 15 is 0 Å². The van der Waals surface area contributed by atoms with Crippen molar-refractivity contribution in [3.8, 4) is 0 Å². The van der Waals surface area contributed by atoms with E-state index < -0.39 is 9.84 Å². The highest BCUT2D eigenvalue weighted by atomic mass is 32.2. The van der Waals surface area contributed by atoms with Gasteiger partial charge in [-0.25, -0.2) is 8.42 Å². The largest absolute Gasteiger partial charge is 0.224 e. The Labute approximate surface area is 106 Å². The van der Waals surface area contributed by atoms with E-state index in [0.29, 0.717) is 11.3 Å². The molecule has 0 spiro atoms. The van der Waals surface area contributed by atoms with Crippen LogP contribution in [0, 0.1) is 0 Å². The van der Waals surface area contributed by atoms with Crippen LogP contribution in [0.4, 0.5) is 0 Å². The van der Waals surface area contributed by atoms with Crippen molar-refractivity contribution in [2.75, 3.05) is 12.3 Å². The quantitative estimate of drug-likeness (QED) is 0.355. The van der Waals surface area contributed by atoms with Gasteiger partial charge in [-0.05, 0) is 54.5 Å². The Morgan fingerprint density at radius 2 is 2.06 bits per heavy atom. The highest BCUT2D eigenvalue weighted by molar-refractivity contribution is 7.91. The van der Waals surface area contributed by atoms with Crippen LogP contribution >= 0.6 is 0 Å². The van der Waals surface area contributed by atoms with Gasteiger partial charge in [-0.2, -0.15) is 0 Å². The molecule has 0 N–H and O–H groups in total. The number of hydrogen-bond acceptors (Lipinski definition) is 3. The van der Waals surface area contributed by atoms with Crippen molar-refractivity contribution in [1.82, 2.24) is 0 Å². The van der Waals surface area contributed by atoms with E-state index in [1.54, 1.807) is 12.1 Å². The number of nitrogens with zero attached hydrogens (tertiary/aromatic N) is 3. The zero-order valence-corrected chi connectivity index (χ0v) is 10.9. The first-order chi connectivity index (χ1) is 8.63. The van der Waals surface area contributed by atoms with Gasteiger partial charge in [-0.1, -0.05) is 11.2 Å². The van der Waals surface area contributed by atoms with Gasteiger partial charge in [-0.3, -0.25) is 0 Å². The highest BCUT2D eigenvalue weighted by Crippen LogP contribution is 2.25. The lowest BCUT2D eigenvalue weighted by Crippen LogP contribution is -2.08. The fourth-order valence-corrected chi connectivity index (χ4v) is 3.57. The molecule has 0 amide bonds. The summed E-state index contributed by atoms with van der Waals surface area (Å²) in [7, 11) is -3.25. The van der Waals surface area contributed by atoms with Gasteiger partial charge >= 0.3 is 0 Å². The standard InChI is InChI=1S/C12H15N3O2S/c13-15-14-7-2-8-18(16,17)12-6-5-10-3-1-4-11(10)9-12/h5-6,9H,1-4,7-8H2. The van der Waals surface area contributed by atoms with E-state index in [1.165, 1.54) is 5.56 Å². The number of azide groups is 1. The van der Waals surface area contributed by atoms with Gasteiger partial charge < -0.3 is 0 Å². The Morgan fingerprint density at radius 1 is 1.28 bits per heavy atom. The third kappa shape index (κ3) is 2.83. The van der Waals surface area contributed by atoms with Gasteiger partial charge in [0.25, 0.3) is 0 Å². The molecule has 1 aliphatic carbocycles. The van der Waals surface area contributed by atoms with E-state index in [-0.39, 0.29) is 12.3 Å². The summed E-state index contributed by atoms with van der Waals surface area (Å²) >= 11 is 0. The molecule has 0 saturated heterocycles. The normalized spacial score (nSPS) is 14.0. The van der Waals surface area contributed by atoms with Gasteiger partial charge in [0.1, 0.15) is 0 Å². The third-order valence-electron chi connectivity index (χ3n) is 3.16. The maximum Gasteiger partial charge on any atom is 0.178 e. The topological polar surface area (TPSA) is 82.9 Å². The minimum atomic E-state index is -3.25. The fraction of sp³-hybridized carbons (Fsp3) is 0.500. The summed E-state index contributed by atoms with van der Waals surface area (Å²) in [6.45, 7) is 0.223. The molecule has 18 heavy (non-hydrogen) atoms. The van der Waals surface area contributed by atoms with E-state index in [0.717, 1.165) is 24.8 Å². The second kappa shape index (κ2) is 5.42. The van der Waals surface area contributed by atoms with Gasteiger partial charge in [0.05, 0.1) is 10.6 Å². The summed E-state index contributed by atoms with van der Waals surface area (Å²) in [5.41, 5.74) is 10.6. The number of aryl methyl sites for hydroxylation is 2. The van der Waals surface area contributed by atoms with E-state index in [4.69, 9.17) is 5.53 Å². The molecular weight excluding hydrogens is 250 g/mol. The molecule has 0 heterocycles. The fourth-order valence-electron chi connectivity index (χ4n) is 2.23. The minimum absolute atomic E-state index is 0.0325. The minimum Gasteiger partial charge on any atom is -0.224 e. The Balaban J connectivity index is 2.12. The van der Waals surface area contributed by atoms with Crippen LogP contribution in [-0.4, -0.2) is 20.7 Å². The van der Waals surface area contributed by atoms with Gasteiger partial charge in [-0.15, -0.1) is 0 Å². The highest BCUT2D eigenvalue weighted by Gasteiger charge is 2.17. The molecule has 1 aromatic rings. The molecule has 0 saturated carbocycles. The molecule has 6 heteroatoms. The molecule has 5 nitrogen and oxygen atoms in total. The summed E-state index contributed by atoms with van der Waals surface area (Å²) < 4.78 is 24.1. The van der Waals surface area contributed by atoms with Crippen molar-refractivity contribution in [2.45, 2.75) is 30.6 Å². The van der Waals surface area contributed by atoms with Crippen molar-refractivity contribution in [3.05, 3.63) is 39.8 Å². The molecule has 0 radical (unpaired) electrons. The van der Waals surface area contributed by atoms with E-state index in [9.17, 15) is 8.42 Å². The Hall–Kier alpha value is -1.52. The lowest BCUT2D eigenvalue weighted by molar-refractivity contribution is 0.593. The number of fused-ring (bicyclic) bond motifs is 1. The SMILES string of the molecule is [N-]=[N+]=NCCCS(=O)(=O)c1ccc2c(c1)CCC2. The van der Waals surface area contributed by atoms with Crippen LogP contribution in [0.3, 0.4) is 0 Å². The van der Waals surface area contributed by atoms with Crippen molar-refractivity contribution >= 4 is 9.84 Å². The number of hydrogen-bond donors (Lipinski definition) is 0. The van der Waals surface area contributed by atoms with Crippen LogP contribution in [0.2, 0.25) is 0 Å².